The van der Waals surface area contributed by atoms with E-state index in [4.69, 9.17) is 4.74 Å². The Hall–Kier alpha value is -2.77. The maximum atomic E-state index is 12.5. The van der Waals surface area contributed by atoms with Gasteiger partial charge in [0.15, 0.2) is 0 Å². The molecule has 0 aliphatic heterocycles. The Morgan fingerprint density at radius 1 is 1.12 bits per heavy atom. The molecule has 3 N–H and O–H groups in total. The maximum Gasteiger partial charge on any atom is 0.407 e. The second-order valence-corrected chi connectivity index (χ2v) is 5.90. The third kappa shape index (κ3) is 6.70. The van der Waals surface area contributed by atoms with E-state index in [1.807, 2.05) is 13.8 Å². The largest absolute Gasteiger partial charge is 0.495 e. The van der Waals surface area contributed by atoms with Gasteiger partial charge in [-0.3, -0.25) is 9.59 Å². The number of ether oxygens (including phenoxy) is 2. The lowest BCUT2D eigenvalue weighted by Crippen LogP contribution is -2.44. The highest BCUT2D eigenvalue weighted by molar-refractivity contribution is 5.98. The van der Waals surface area contributed by atoms with Crippen LogP contribution in [0.5, 0.6) is 5.75 Å². The topological polar surface area (TPSA) is 106 Å². The van der Waals surface area contributed by atoms with E-state index >= 15 is 0 Å². The molecule has 25 heavy (non-hydrogen) atoms. The number of rotatable bonds is 7. The zero-order chi connectivity index (χ0) is 19.0. The van der Waals surface area contributed by atoms with Crippen LogP contribution in [0.3, 0.4) is 0 Å². The van der Waals surface area contributed by atoms with Crippen LogP contribution in [0.2, 0.25) is 0 Å². The van der Waals surface area contributed by atoms with Crippen molar-refractivity contribution in [2.24, 2.45) is 5.92 Å². The van der Waals surface area contributed by atoms with Crippen molar-refractivity contribution in [2.75, 3.05) is 24.9 Å². The Kier molecular flexibility index (Phi) is 7.71. The monoisotopic (exact) mass is 351 g/mol. The summed E-state index contributed by atoms with van der Waals surface area (Å²) in [6.45, 7) is 5.27. The summed E-state index contributed by atoms with van der Waals surface area (Å²) in [5, 5.41) is 7.88. The van der Waals surface area contributed by atoms with Gasteiger partial charge in [0.1, 0.15) is 11.8 Å². The van der Waals surface area contributed by atoms with E-state index in [1.54, 1.807) is 18.2 Å². The fourth-order valence-electron chi connectivity index (χ4n) is 2.21. The summed E-state index contributed by atoms with van der Waals surface area (Å²) in [5.41, 5.74) is 0.907. The summed E-state index contributed by atoms with van der Waals surface area (Å²) < 4.78 is 9.73. The molecule has 0 aromatic heterocycles. The van der Waals surface area contributed by atoms with Crippen molar-refractivity contribution >= 4 is 29.3 Å². The Bertz CT molecular complexity index is 631. The van der Waals surface area contributed by atoms with Crippen LogP contribution in [0.15, 0.2) is 18.2 Å². The van der Waals surface area contributed by atoms with Crippen molar-refractivity contribution in [2.45, 2.75) is 33.2 Å². The molecule has 0 bridgehead atoms. The lowest BCUT2D eigenvalue weighted by Gasteiger charge is -2.20. The fraction of sp³-hybridized carbons (Fsp3) is 0.471. The number of alkyl carbamates (subject to hydrolysis) is 1. The van der Waals surface area contributed by atoms with E-state index in [0.29, 0.717) is 23.5 Å². The first-order valence-corrected chi connectivity index (χ1v) is 7.87. The van der Waals surface area contributed by atoms with Crippen LogP contribution in [-0.4, -0.2) is 38.2 Å². The summed E-state index contributed by atoms with van der Waals surface area (Å²) in [4.78, 5) is 35.2. The van der Waals surface area contributed by atoms with Crippen molar-refractivity contribution in [1.82, 2.24) is 5.32 Å². The van der Waals surface area contributed by atoms with Crippen molar-refractivity contribution in [3.05, 3.63) is 18.2 Å². The van der Waals surface area contributed by atoms with Gasteiger partial charge in [-0.05, 0) is 30.5 Å². The molecule has 0 spiro atoms. The van der Waals surface area contributed by atoms with Gasteiger partial charge in [0.2, 0.25) is 11.8 Å². The number of anilines is 2. The molecule has 1 aromatic carbocycles. The van der Waals surface area contributed by atoms with E-state index < -0.39 is 12.1 Å². The molecular formula is C17H25N3O5. The van der Waals surface area contributed by atoms with Crippen molar-refractivity contribution in [3.63, 3.8) is 0 Å². The molecule has 1 aromatic rings. The lowest BCUT2D eigenvalue weighted by molar-refractivity contribution is -0.118. The molecule has 0 aliphatic carbocycles. The quantitative estimate of drug-likeness (QED) is 0.699. The summed E-state index contributed by atoms with van der Waals surface area (Å²) in [6, 6.07) is 4.13. The van der Waals surface area contributed by atoms with Crippen LogP contribution < -0.4 is 20.7 Å². The van der Waals surface area contributed by atoms with Crippen LogP contribution in [0.25, 0.3) is 0 Å². The normalized spacial score (nSPS) is 11.4. The standard InChI is InChI=1S/C17H25N3O5/c1-10(2)8-14(20-17(23)25-5)16(22)19-12-6-7-15(24-4)13(9-12)18-11(3)21/h6-7,9-10,14H,8H2,1-5H3,(H,18,21)(H,19,22)(H,20,23). The summed E-state index contributed by atoms with van der Waals surface area (Å²) in [7, 11) is 2.72. The highest BCUT2D eigenvalue weighted by atomic mass is 16.5. The molecule has 3 amide bonds. The van der Waals surface area contributed by atoms with E-state index in [-0.39, 0.29) is 17.7 Å². The number of nitrogens with one attached hydrogen (secondary N) is 3. The number of hydrogen-bond acceptors (Lipinski definition) is 5. The molecule has 0 fully saturated rings. The minimum Gasteiger partial charge on any atom is -0.495 e. The van der Waals surface area contributed by atoms with E-state index in [2.05, 4.69) is 20.7 Å². The predicted octanol–water partition coefficient (Wildman–Crippen LogP) is 2.36. The number of hydrogen-bond donors (Lipinski definition) is 3. The molecule has 0 radical (unpaired) electrons. The summed E-state index contributed by atoms with van der Waals surface area (Å²) in [5.74, 6) is 0.0307. The molecule has 0 aliphatic rings. The molecule has 138 valence electrons. The van der Waals surface area contributed by atoms with Gasteiger partial charge in [-0.15, -0.1) is 0 Å². The van der Waals surface area contributed by atoms with Gasteiger partial charge in [-0.2, -0.15) is 0 Å². The summed E-state index contributed by atoms with van der Waals surface area (Å²) in [6.07, 6.45) is -0.218. The minimum atomic E-state index is -0.737. The van der Waals surface area contributed by atoms with Gasteiger partial charge in [0, 0.05) is 12.6 Å². The predicted molar refractivity (Wildman–Crippen MR) is 94.7 cm³/mol. The third-order valence-electron chi connectivity index (χ3n) is 3.28. The molecule has 8 heteroatoms. The van der Waals surface area contributed by atoms with E-state index in [1.165, 1.54) is 21.1 Å². The molecule has 0 heterocycles. The first-order chi connectivity index (χ1) is 11.8. The Balaban J connectivity index is 2.94. The van der Waals surface area contributed by atoms with Gasteiger partial charge in [0.05, 0.1) is 19.9 Å². The van der Waals surface area contributed by atoms with Gasteiger partial charge in [-0.25, -0.2) is 4.79 Å². The number of amides is 3. The second-order valence-electron chi connectivity index (χ2n) is 5.90. The summed E-state index contributed by atoms with van der Waals surface area (Å²) >= 11 is 0. The third-order valence-corrected chi connectivity index (χ3v) is 3.28. The molecule has 1 rings (SSSR count). The van der Waals surface area contributed by atoms with Crippen molar-refractivity contribution < 1.29 is 23.9 Å². The number of carbonyl (C=O) groups excluding carboxylic acids is 3. The molecular weight excluding hydrogens is 326 g/mol. The highest BCUT2D eigenvalue weighted by Gasteiger charge is 2.22. The number of benzene rings is 1. The van der Waals surface area contributed by atoms with Gasteiger partial charge >= 0.3 is 6.09 Å². The number of carbonyl (C=O) groups is 3. The van der Waals surface area contributed by atoms with Gasteiger partial charge in [-0.1, -0.05) is 13.8 Å². The van der Waals surface area contributed by atoms with Crippen molar-refractivity contribution in [3.8, 4) is 5.75 Å². The number of methoxy groups -OCH3 is 2. The average molecular weight is 351 g/mol. The van der Waals surface area contributed by atoms with Crippen LogP contribution in [0.1, 0.15) is 27.2 Å². The zero-order valence-electron chi connectivity index (χ0n) is 15.1. The van der Waals surface area contributed by atoms with Crippen LogP contribution in [-0.2, 0) is 14.3 Å². The first kappa shape index (κ1) is 20.3. The average Bonchev–Trinajstić information content (AvgIpc) is 2.53. The van der Waals surface area contributed by atoms with E-state index in [9.17, 15) is 14.4 Å². The molecule has 1 atom stereocenters. The van der Waals surface area contributed by atoms with Crippen molar-refractivity contribution in [1.29, 1.82) is 0 Å². The second kappa shape index (κ2) is 9.51. The molecule has 8 nitrogen and oxygen atoms in total. The Labute approximate surface area is 147 Å². The Morgan fingerprint density at radius 3 is 2.32 bits per heavy atom. The minimum absolute atomic E-state index is 0.193. The maximum absolute atomic E-state index is 12.5. The van der Waals surface area contributed by atoms with Crippen LogP contribution in [0, 0.1) is 5.92 Å². The van der Waals surface area contributed by atoms with Crippen LogP contribution >= 0.6 is 0 Å². The van der Waals surface area contributed by atoms with Gasteiger partial charge < -0.3 is 25.4 Å². The van der Waals surface area contributed by atoms with Gasteiger partial charge in [0.25, 0.3) is 0 Å². The lowest BCUT2D eigenvalue weighted by atomic mass is 10.0. The smallest absolute Gasteiger partial charge is 0.407 e. The zero-order valence-corrected chi connectivity index (χ0v) is 15.1. The molecule has 0 saturated carbocycles. The first-order valence-electron chi connectivity index (χ1n) is 7.87. The van der Waals surface area contributed by atoms with E-state index in [0.717, 1.165) is 0 Å². The molecule has 1 unspecified atom stereocenters. The Morgan fingerprint density at radius 2 is 1.80 bits per heavy atom. The van der Waals surface area contributed by atoms with Crippen LogP contribution in [0.4, 0.5) is 16.2 Å². The fourth-order valence-corrected chi connectivity index (χ4v) is 2.21. The SMILES string of the molecule is COC(=O)NC(CC(C)C)C(=O)Nc1ccc(OC)c(NC(C)=O)c1. The molecule has 0 saturated heterocycles. The highest BCUT2D eigenvalue weighted by Crippen LogP contribution is 2.28.